The van der Waals surface area contributed by atoms with Crippen LogP contribution in [0, 0.1) is 11.8 Å². The minimum absolute atomic E-state index is 0.0599. The molecule has 2 aliphatic heterocycles. The van der Waals surface area contributed by atoms with Crippen LogP contribution in [0.5, 0.6) is 0 Å². The smallest absolute Gasteiger partial charge is 0.248 e. The Morgan fingerprint density at radius 1 is 0.545 bits per heavy atom. The van der Waals surface area contributed by atoms with Gasteiger partial charge in [0.2, 0.25) is 21.1 Å². The molecule has 1 aliphatic carbocycles. The number of ketones is 2. The summed E-state index contributed by atoms with van der Waals surface area (Å²) in [5.74, 6) is 1.35. The number of nitrogens with one attached hydrogen (secondary N) is 8. The molecule has 2 saturated heterocycles. The van der Waals surface area contributed by atoms with Crippen LogP contribution in [0.3, 0.4) is 0 Å². The van der Waals surface area contributed by atoms with Crippen LogP contribution in [0.25, 0.3) is 50.7 Å². The molecule has 0 spiro atoms. The largest absolute Gasteiger partial charge is 0.352 e. The van der Waals surface area contributed by atoms with Gasteiger partial charge in [0.1, 0.15) is 0 Å². The number of aromatic amines is 3. The van der Waals surface area contributed by atoms with Gasteiger partial charge in [-0.15, -0.1) is 0 Å². The van der Waals surface area contributed by atoms with Crippen LogP contribution in [0.15, 0.2) is 210 Å². The van der Waals surface area contributed by atoms with E-state index in [9.17, 15) is 27.6 Å². The van der Waals surface area contributed by atoms with Gasteiger partial charge in [0, 0.05) is 149 Å². The Bertz CT molecular complexity index is 5040. The van der Waals surface area contributed by atoms with E-state index in [0.29, 0.717) is 31.2 Å². The quantitative estimate of drug-likeness (QED) is 0.0371. The SMILES string of the molecule is CN1C(C)(C)CC(CC(=O)c2ccc(Nc3ccc(-c4cc[nH]c(=O)c4)n4ccnc34)cc2)CC1(C)C.O=C(CC1CCCCC1)c1ccc(Nc2ccc(-c3cc[nH]c(=O)c3)n3ccnc23)cc1.O=S(=O)(NC1CCNC1)c1ccc(Nc2ccc(-c3cn[nH]c3)n3ccnc23)cc1. The maximum atomic E-state index is 13.2. The van der Waals surface area contributed by atoms with Crippen LogP contribution in [-0.4, -0.2) is 110 Å². The molecule has 23 heteroatoms. The summed E-state index contributed by atoms with van der Waals surface area (Å²) in [4.78, 5) is 70.8. The Kier molecular flexibility index (Phi) is 19.5. The first kappa shape index (κ1) is 67.0. The monoisotopic (exact) mass is 1350 g/mol. The highest BCUT2D eigenvalue weighted by atomic mass is 32.2. The summed E-state index contributed by atoms with van der Waals surface area (Å²) in [7, 11) is -1.34. The van der Waals surface area contributed by atoms with Crippen molar-refractivity contribution in [2.45, 2.75) is 114 Å². The third kappa shape index (κ3) is 15.4. The molecule has 15 rings (SSSR count). The van der Waals surface area contributed by atoms with Crippen molar-refractivity contribution in [1.29, 1.82) is 0 Å². The molecule has 99 heavy (non-hydrogen) atoms. The second kappa shape index (κ2) is 28.8. The first-order valence-corrected chi connectivity index (χ1v) is 35.2. The molecule has 0 bridgehead atoms. The lowest BCUT2D eigenvalue weighted by atomic mass is 9.72. The van der Waals surface area contributed by atoms with Gasteiger partial charge in [0.15, 0.2) is 28.5 Å². The van der Waals surface area contributed by atoms with Crippen molar-refractivity contribution in [2.75, 3.05) is 36.1 Å². The minimum Gasteiger partial charge on any atom is -0.352 e. The topological polar surface area (TPSA) is 278 Å². The molecule has 11 heterocycles. The molecule has 12 aromatic rings. The fraction of sp³-hybridized carbons (Fsp3) is 0.289. The van der Waals surface area contributed by atoms with E-state index < -0.39 is 10.0 Å². The van der Waals surface area contributed by atoms with Crippen LogP contribution in [0.1, 0.15) is 113 Å². The number of H-pyrrole nitrogens is 3. The molecule has 3 aromatic carbocycles. The number of carbonyl (C=O) groups is 2. The summed E-state index contributed by atoms with van der Waals surface area (Å²) in [6.07, 6.45) is 28.0. The second-order valence-corrected chi connectivity index (χ2v) is 28.9. The summed E-state index contributed by atoms with van der Waals surface area (Å²) in [5.41, 5.74) is 14.1. The van der Waals surface area contributed by atoms with E-state index in [0.717, 1.165) is 122 Å². The van der Waals surface area contributed by atoms with Gasteiger partial charge in [0.25, 0.3) is 0 Å². The van der Waals surface area contributed by atoms with Crippen molar-refractivity contribution < 1.29 is 18.0 Å². The summed E-state index contributed by atoms with van der Waals surface area (Å²) in [6.45, 7) is 10.6. The highest BCUT2D eigenvalue weighted by Crippen LogP contribution is 2.42. The summed E-state index contributed by atoms with van der Waals surface area (Å²) >= 11 is 0. The maximum absolute atomic E-state index is 13.2. The third-order valence-corrected chi connectivity index (χ3v) is 21.0. The first-order chi connectivity index (χ1) is 47.8. The molecule has 22 nitrogen and oxygen atoms in total. The van der Waals surface area contributed by atoms with Crippen LogP contribution in [0.4, 0.5) is 34.1 Å². The summed E-state index contributed by atoms with van der Waals surface area (Å²) in [5, 5.41) is 20.2. The number of benzene rings is 3. The van der Waals surface area contributed by atoms with Gasteiger partial charge in [-0.3, -0.25) is 42.4 Å². The highest BCUT2D eigenvalue weighted by molar-refractivity contribution is 7.89. The predicted octanol–water partition coefficient (Wildman–Crippen LogP) is 13.6. The zero-order valence-electron chi connectivity index (χ0n) is 56.1. The Hall–Kier alpha value is -10.6. The van der Waals surface area contributed by atoms with E-state index in [-0.39, 0.29) is 44.7 Å². The number of Topliss-reactive ketones (excluding diaryl/α,β-unsaturated/α-hetero) is 2. The van der Waals surface area contributed by atoms with Crippen molar-refractivity contribution in [1.82, 2.24) is 63.3 Å². The standard InChI is InChI=1S/C30H35N5O2.C26H26N4O2.C20H21N7O2S/c1-29(2)18-20(19-30(3,4)34(29)5)16-26(36)21-6-8-23(9-7-21)33-24-10-11-25(35-15-14-32-28(24)35)22-12-13-31-27(37)17-22;31-24(16-18-4-2-1-3-5-18)19-6-8-21(9-7-19)29-22-10-11-23(30-15-14-28-26(22)30)20-12-13-27-25(32)17-20;28-30(29,26-16-7-8-21-13-16)17-3-1-15(2-4-17)25-18-5-6-19(14-11-23-24-12-14)27-10-9-22-20(18)27/h6-15,17,20,33H,16,18-19H2,1-5H3,(H,31,37);6-15,17-18,29H,1-5,16H2,(H,27,32);1-6,9-12,16,21,25-26H,7-8,13H2,(H,23,24). The molecular weight excluding hydrogens is 1270 g/mol. The van der Waals surface area contributed by atoms with Gasteiger partial charge < -0.3 is 31.2 Å². The molecule has 8 N–H and O–H groups in total. The van der Waals surface area contributed by atoms with Crippen LogP contribution in [0.2, 0.25) is 0 Å². The Morgan fingerprint density at radius 3 is 1.41 bits per heavy atom. The zero-order chi connectivity index (χ0) is 68.8. The molecule has 0 amide bonds. The van der Waals surface area contributed by atoms with Crippen molar-refractivity contribution >= 4 is 72.7 Å². The molecule has 1 atom stereocenters. The van der Waals surface area contributed by atoms with Gasteiger partial charge in [-0.05, 0) is 194 Å². The first-order valence-electron chi connectivity index (χ1n) is 33.7. The molecule has 9 aromatic heterocycles. The number of nitrogens with zero attached hydrogens (tertiary/aromatic N) is 8. The Balaban J connectivity index is 0.000000134. The van der Waals surface area contributed by atoms with E-state index >= 15 is 0 Å². The van der Waals surface area contributed by atoms with Crippen molar-refractivity contribution in [3.8, 4) is 33.8 Å². The number of hydrogen-bond acceptors (Lipinski definition) is 15. The number of rotatable bonds is 18. The van der Waals surface area contributed by atoms with Crippen LogP contribution in [-0.2, 0) is 10.0 Å². The van der Waals surface area contributed by atoms with E-state index in [2.05, 4.69) is 101 Å². The summed E-state index contributed by atoms with van der Waals surface area (Å²) < 4.78 is 33.8. The fourth-order valence-corrected chi connectivity index (χ4v) is 15.5. The zero-order valence-corrected chi connectivity index (χ0v) is 56.9. The fourth-order valence-electron chi connectivity index (χ4n) is 14.2. The molecule has 508 valence electrons. The van der Waals surface area contributed by atoms with Gasteiger partial charge in [-0.25, -0.2) is 28.1 Å². The normalized spacial score (nSPS) is 16.4. The lowest BCUT2D eigenvalue weighted by Crippen LogP contribution is -2.58. The lowest BCUT2D eigenvalue weighted by Gasteiger charge is -2.53. The van der Waals surface area contributed by atoms with Crippen molar-refractivity contribution in [3.05, 3.63) is 227 Å². The van der Waals surface area contributed by atoms with Gasteiger partial charge in [-0.2, -0.15) is 5.10 Å². The number of anilines is 6. The van der Waals surface area contributed by atoms with Crippen LogP contribution < -0.4 is 37.1 Å². The van der Waals surface area contributed by atoms with Gasteiger partial charge in [0.05, 0.1) is 45.2 Å². The Labute approximate surface area is 573 Å². The average Bonchev–Trinajstić information content (AvgIpc) is 1.78. The second-order valence-electron chi connectivity index (χ2n) is 27.2. The Morgan fingerprint density at radius 2 is 0.990 bits per heavy atom. The number of fused-ring (bicyclic) bond motifs is 3. The number of aromatic nitrogens is 10. The highest BCUT2D eigenvalue weighted by Gasteiger charge is 2.43. The number of likely N-dealkylation sites (tertiary alicyclic amines) is 1. The molecule has 3 fully saturated rings. The molecular formula is C76H82N16O6S. The van der Waals surface area contributed by atoms with Gasteiger partial charge in [-0.1, -0.05) is 32.1 Å². The number of sulfonamides is 1. The van der Waals surface area contributed by atoms with Gasteiger partial charge >= 0.3 is 0 Å². The van der Waals surface area contributed by atoms with E-state index in [4.69, 9.17) is 0 Å². The number of pyridine rings is 5. The third-order valence-electron chi connectivity index (χ3n) is 19.4. The number of piperidine rings is 1. The van der Waals surface area contributed by atoms with E-state index in [1.807, 2.05) is 135 Å². The average molecular weight is 1350 g/mol. The number of hydrogen-bond donors (Lipinski definition) is 8. The predicted molar refractivity (Wildman–Crippen MR) is 389 cm³/mol. The minimum atomic E-state index is -3.53. The maximum Gasteiger partial charge on any atom is 0.248 e. The molecule has 3 aliphatic rings. The lowest BCUT2D eigenvalue weighted by molar-refractivity contribution is -0.0300. The van der Waals surface area contributed by atoms with E-state index in [1.165, 1.54) is 32.1 Å². The molecule has 1 saturated carbocycles. The van der Waals surface area contributed by atoms with Crippen molar-refractivity contribution in [2.24, 2.45) is 11.8 Å². The molecule has 1 unspecified atom stereocenters. The molecule has 0 radical (unpaired) electrons. The van der Waals surface area contributed by atoms with Crippen molar-refractivity contribution in [3.63, 3.8) is 0 Å². The van der Waals surface area contributed by atoms with Crippen LogP contribution >= 0.6 is 0 Å². The number of carbonyl (C=O) groups excluding carboxylic acids is 2. The number of imidazole rings is 3. The van der Waals surface area contributed by atoms with E-state index in [1.54, 1.807) is 73.6 Å². The summed E-state index contributed by atoms with van der Waals surface area (Å²) in [6, 6.07) is 40.7.